The number of allylic oxidation sites excluding steroid dienone is 1. The molecule has 1 spiro atoms. The topological polar surface area (TPSA) is 32.8 Å². The number of aliphatic hydroxyl groups is 1. The minimum atomic E-state index is 0.140. The highest BCUT2D eigenvalue weighted by molar-refractivity contribution is 5.14. The van der Waals surface area contributed by atoms with Crippen LogP contribution >= 0.6 is 0 Å². The molecule has 1 heterocycles. The zero-order chi connectivity index (χ0) is 12.6. The summed E-state index contributed by atoms with van der Waals surface area (Å²) in [7, 11) is 0. The second kappa shape index (κ2) is 4.63. The van der Waals surface area contributed by atoms with Gasteiger partial charge in [0.2, 0.25) is 0 Å². The first-order valence-electron chi connectivity index (χ1n) is 7.17. The molecule has 3 aliphatic rings. The van der Waals surface area contributed by atoms with Crippen molar-refractivity contribution in [2.75, 3.05) is 6.61 Å². The van der Waals surface area contributed by atoms with Crippen LogP contribution in [0.5, 0.6) is 0 Å². The molecule has 1 aliphatic heterocycles. The third-order valence-electron chi connectivity index (χ3n) is 5.18. The van der Waals surface area contributed by atoms with E-state index in [4.69, 9.17) is 9.84 Å². The van der Waals surface area contributed by atoms with Crippen LogP contribution in [0.25, 0.3) is 0 Å². The Morgan fingerprint density at radius 2 is 2.28 bits per heavy atom. The Hall–Kier alpha value is -0.940. The lowest BCUT2D eigenvalue weighted by atomic mass is 9.80. The van der Waals surface area contributed by atoms with Crippen molar-refractivity contribution in [1.29, 1.82) is 0 Å². The van der Waals surface area contributed by atoms with Crippen molar-refractivity contribution in [3.8, 4) is 11.8 Å². The van der Waals surface area contributed by atoms with Gasteiger partial charge in [-0.15, -0.1) is 5.92 Å². The van der Waals surface area contributed by atoms with Gasteiger partial charge in [-0.05, 0) is 49.5 Å². The third kappa shape index (κ3) is 2.06. The molecule has 0 amide bonds. The highest BCUT2D eigenvalue weighted by atomic mass is 16.6. The molecule has 0 radical (unpaired) electrons. The molecule has 5 unspecified atom stereocenters. The maximum absolute atomic E-state index is 8.89. The molecule has 1 N–H and O–H groups in total. The van der Waals surface area contributed by atoms with Crippen molar-refractivity contribution in [2.24, 2.45) is 23.7 Å². The molecule has 2 aliphatic carbocycles. The summed E-state index contributed by atoms with van der Waals surface area (Å²) in [6, 6.07) is 0. The second-order valence-corrected chi connectivity index (χ2v) is 6.18. The summed E-state index contributed by atoms with van der Waals surface area (Å²) in [4.78, 5) is 0. The number of fused-ring (bicyclic) bond motifs is 3. The van der Waals surface area contributed by atoms with Crippen molar-refractivity contribution in [3.05, 3.63) is 12.3 Å². The van der Waals surface area contributed by atoms with Crippen molar-refractivity contribution in [1.82, 2.24) is 0 Å². The van der Waals surface area contributed by atoms with E-state index in [2.05, 4.69) is 18.8 Å². The number of rotatable bonds is 2. The van der Waals surface area contributed by atoms with Gasteiger partial charge in [-0.2, -0.15) is 0 Å². The van der Waals surface area contributed by atoms with Crippen LogP contribution in [-0.2, 0) is 4.74 Å². The predicted octanol–water partition coefficient (Wildman–Crippen LogP) is 3.29. The van der Waals surface area contributed by atoms with Crippen LogP contribution in [0.15, 0.2) is 12.3 Å². The van der Waals surface area contributed by atoms with Crippen molar-refractivity contribution in [3.63, 3.8) is 0 Å². The standard InChI is InChI=1S/C16H22O2/c1-12-5-2-3-7-16(11-18-16)15-10-14(12)9-13(15)6-4-8-17/h4,8,12-15,17H,3,6-7,9-11H2,1H3/b8-4-. The van der Waals surface area contributed by atoms with E-state index in [0.717, 1.165) is 31.8 Å². The summed E-state index contributed by atoms with van der Waals surface area (Å²) in [6.07, 6.45) is 8.68. The number of ether oxygens (including phenoxy) is 1. The van der Waals surface area contributed by atoms with Crippen LogP contribution in [0, 0.1) is 35.5 Å². The summed E-state index contributed by atoms with van der Waals surface area (Å²) in [5, 5.41) is 8.89. The van der Waals surface area contributed by atoms with Gasteiger partial charge < -0.3 is 9.84 Å². The molecule has 2 fully saturated rings. The predicted molar refractivity (Wildman–Crippen MR) is 70.9 cm³/mol. The fraction of sp³-hybridized carbons (Fsp3) is 0.750. The molecule has 5 atom stereocenters. The largest absolute Gasteiger partial charge is 0.516 e. The van der Waals surface area contributed by atoms with Gasteiger partial charge in [-0.25, -0.2) is 0 Å². The summed E-state index contributed by atoms with van der Waals surface area (Å²) in [5.74, 6) is 9.33. The number of epoxide rings is 1. The molecule has 1 saturated heterocycles. The molecule has 1 saturated carbocycles. The molecule has 2 heteroatoms. The van der Waals surface area contributed by atoms with Gasteiger partial charge in [0.25, 0.3) is 0 Å². The van der Waals surface area contributed by atoms with E-state index in [-0.39, 0.29) is 5.60 Å². The Bertz CT molecular complexity index is 397. The summed E-state index contributed by atoms with van der Waals surface area (Å²) in [6.45, 7) is 3.20. The van der Waals surface area contributed by atoms with Crippen LogP contribution in [-0.4, -0.2) is 17.3 Å². The summed E-state index contributed by atoms with van der Waals surface area (Å²) in [5.41, 5.74) is 0.140. The summed E-state index contributed by atoms with van der Waals surface area (Å²) >= 11 is 0. The van der Waals surface area contributed by atoms with Gasteiger partial charge >= 0.3 is 0 Å². The van der Waals surface area contributed by atoms with Crippen LogP contribution < -0.4 is 0 Å². The molecule has 3 rings (SSSR count). The maximum atomic E-state index is 8.89. The minimum Gasteiger partial charge on any atom is -0.516 e. The van der Waals surface area contributed by atoms with E-state index in [1.165, 1.54) is 19.1 Å². The van der Waals surface area contributed by atoms with Crippen molar-refractivity contribution < 1.29 is 9.84 Å². The normalized spacial score (nSPS) is 46.3. The Morgan fingerprint density at radius 1 is 1.44 bits per heavy atom. The van der Waals surface area contributed by atoms with E-state index in [9.17, 15) is 0 Å². The van der Waals surface area contributed by atoms with Gasteiger partial charge in [-0.3, -0.25) is 0 Å². The fourth-order valence-electron chi connectivity index (χ4n) is 3.98. The first-order chi connectivity index (χ1) is 8.75. The molecule has 18 heavy (non-hydrogen) atoms. The van der Waals surface area contributed by atoms with Gasteiger partial charge in [0.05, 0.1) is 18.5 Å². The lowest BCUT2D eigenvalue weighted by Gasteiger charge is -2.24. The number of hydrogen-bond acceptors (Lipinski definition) is 2. The first-order valence-corrected chi connectivity index (χ1v) is 7.17. The van der Waals surface area contributed by atoms with Crippen molar-refractivity contribution in [2.45, 2.75) is 44.6 Å². The highest BCUT2D eigenvalue weighted by Gasteiger charge is 2.56. The van der Waals surface area contributed by atoms with E-state index < -0.39 is 0 Å². The molecular formula is C16H22O2. The van der Waals surface area contributed by atoms with E-state index in [1.807, 2.05) is 6.08 Å². The molecule has 98 valence electrons. The quantitative estimate of drug-likeness (QED) is 0.461. The maximum Gasteiger partial charge on any atom is 0.0956 e. The minimum absolute atomic E-state index is 0.140. The van der Waals surface area contributed by atoms with Crippen LogP contribution in [0.1, 0.15) is 39.0 Å². The smallest absolute Gasteiger partial charge is 0.0956 e. The zero-order valence-electron chi connectivity index (χ0n) is 11.1. The lowest BCUT2D eigenvalue weighted by Crippen LogP contribution is -2.27. The molecule has 0 aromatic rings. The molecule has 0 aromatic heterocycles. The summed E-state index contributed by atoms with van der Waals surface area (Å²) < 4.78 is 5.85. The molecule has 0 aromatic carbocycles. The van der Waals surface area contributed by atoms with E-state index in [0.29, 0.717) is 17.8 Å². The SMILES string of the molecule is CC1C#CCCC2(CO2)C2CC1CC2C/C=C\O. The van der Waals surface area contributed by atoms with Crippen LogP contribution in [0.2, 0.25) is 0 Å². The Balaban J connectivity index is 1.82. The van der Waals surface area contributed by atoms with Crippen LogP contribution in [0.4, 0.5) is 0 Å². The number of aliphatic hydroxyl groups excluding tert-OH is 1. The third-order valence-corrected chi connectivity index (χ3v) is 5.18. The molecule has 2 nitrogen and oxygen atoms in total. The molecule has 2 bridgehead atoms. The molecular weight excluding hydrogens is 224 g/mol. The Kier molecular flexibility index (Phi) is 3.11. The van der Waals surface area contributed by atoms with Gasteiger partial charge in [0.15, 0.2) is 0 Å². The van der Waals surface area contributed by atoms with Gasteiger partial charge in [0.1, 0.15) is 0 Å². The lowest BCUT2D eigenvalue weighted by molar-refractivity contribution is 0.168. The van der Waals surface area contributed by atoms with E-state index in [1.54, 1.807) is 0 Å². The van der Waals surface area contributed by atoms with Crippen LogP contribution in [0.3, 0.4) is 0 Å². The van der Waals surface area contributed by atoms with Crippen molar-refractivity contribution >= 4 is 0 Å². The highest BCUT2D eigenvalue weighted by Crippen LogP contribution is 2.54. The number of hydrogen-bond donors (Lipinski definition) is 1. The Labute approximate surface area is 109 Å². The Morgan fingerprint density at radius 3 is 3.00 bits per heavy atom. The fourth-order valence-corrected chi connectivity index (χ4v) is 3.98. The average molecular weight is 246 g/mol. The van der Waals surface area contributed by atoms with E-state index >= 15 is 0 Å². The monoisotopic (exact) mass is 246 g/mol. The first kappa shape index (κ1) is 12.1. The zero-order valence-corrected chi connectivity index (χ0v) is 11.1. The van der Waals surface area contributed by atoms with Gasteiger partial charge in [-0.1, -0.05) is 12.8 Å². The average Bonchev–Trinajstić information content (AvgIpc) is 3.01. The van der Waals surface area contributed by atoms with Gasteiger partial charge in [0, 0.05) is 12.3 Å². The second-order valence-electron chi connectivity index (χ2n) is 6.18.